The fraction of sp³-hybridized carbons (Fsp3) is 0.647. The minimum absolute atomic E-state index is 0.140. The first kappa shape index (κ1) is 17.0. The van der Waals surface area contributed by atoms with E-state index in [2.05, 4.69) is 33.0 Å². The first-order valence-corrected chi connectivity index (χ1v) is 7.43. The summed E-state index contributed by atoms with van der Waals surface area (Å²) in [4.78, 5) is 0. The molecule has 1 aromatic carbocycles. The van der Waals surface area contributed by atoms with E-state index in [0.717, 1.165) is 31.4 Å². The van der Waals surface area contributed by atoms with E-state index in [9.17, 15) is 4.39 Å². The van der Waals surface area contributed by atoms with Gasteiger partial charge in [0.15, 0.2) is 11.6 Å². The maximum Gasteiger partial charge on any atom is 0.165 e. The molecule has 0 bridgehead atoms. The summed E-state index contributed by atoms with van der Waals surface area (Å²) in [5.74, 6) is 0.0301. The van der Waals surface area contributed by atoms with Crippen LogP contribution in [0.1, 0.15) is 46.1 Å². The largest absolute Gasteiger partial charge is 0.494 e. The Morgan fingerprint density at radius 3 is 2.60 bits per heavy atom. The van der Waals surface area contributed by atoms with Crippen LogP contribution >= 0.6 is 0 Å². The normalized spacial score (nSPS) is 13.3. The van der Waals surface area contributed by atoms with E-state index < -0.39 is 0 Å². The molecule has 3 heteroatoms. The van der Waals surface area contributed by atoms with Gasteiger partial charge in [-0.05, 0) is 55.8 Å². The number of hydrogen-bond acceptors (Lipinski definition) is 2. The average Bonchev–Trinajstić information content (AvgIpc) is 2.35. The van der Waals surface area contributed by atoms with Gasteiger partial charge < -0.3 is 10.1 Å². The highest BCUT2D eigenvalue weighted by Crippen LogP contribution is 2.29. The summed E-state index contributed by atoms with van der Waals surface area (Å²) < 4.78 is 18.7. The Balaban J connectivity index is 2.63. The van der Waals surface area contributed by atoms with Gasteiger partial charge in [-0.2, -0.15) is 0 Å². The first-order valence-electron chi connectivity index (χ1n) is 7.43. The van der Waals surface area contributed by atoms with Gasteiger partial charge in [0.2, 0.25) is 0 Å². The van der Waals surface area contributed by atoms with Crippen LogP contribution in [0.15, 0.2) is 18.2 Å². The molecular formula is C17H28FNO. The van der Waals surface area contributed by atoms with Crippen LogP contribution in [-0.4, -0.2) is 19.7 Å². The average molecular weight is 281 g/mol. The van der Waals surface area contributed by atoms with Crippen molar-refractivity contribution in [3.8, 4) is 5.75 Å². The van der Waals surface area contributed by atoms with Gasteiger partial charge in [-0.15, -0.1) is 0 Å². The third kappa shape index (κ3) is 5.49. The summed E-state index contributed by atoms with van der Waals surface area (Å²) in [7, 11) is 1.49. The Kier molecular flexibility index (Phi) is 6.47. The molecule has 1 unspecified atom stereocenters. The Bertz CT molecular complexity index is 417. The highest BCUT2D eigenvalue weighted by molar-refractivity contribution is 5.29. The number of hydrogen-bond donors (Lipinski definition) is 1. The Morgan fingerprint density at radius 2 is 2.05 bits per heavy atom. The van der Waals surface area contributed by atoms with Crippen LogP contribution in [0.2, 0.25) is 0 Å². The predicted molar refractivity (Wildman–Crippen MR) is 82.8 cm³/mol. The summed E-state index contributed by atoms with van der Waals surface area (Å²) in [6.07, 6.45) is 3.08. The third-order valence-electron chi connectivity index (χ3n) is 3.50. The number of methoxy groups -OCH3 is 1. The Morgan fingerprint density at radius 1 is 1.35 bits per heavy atom. The molecule has 0 radical (unpaired) electrons. The molecule has 0 aliphatic rings. The van der Waals surface area contributed by atoms with Gasteiger partial charge in [0.05, 0.1) is 7.11 Å². The molecule has 0 amide bonds. The maximum absolute atomic E-state index is 13.7. The van der Waals surface area contributed by atoms with Crippen molar-refractivity contribution in [2.75, 3.05) is 13.7 Å². The molecule has 1 atom stereocenters. The maximum atomic E-state index is 13.7. The lowest BCUT2D eigenvalue weighted by molar-refractivity contribution is 0.286. The van der Waals surface area contributed by atoms with E-state index in [1.807, 2.05) is 6.07 Å². The summed E-state index contributed by atoms with van der Waals surface area (Å²) in [5, 5.41) is 3.51. The molecule has 1 N–H and O–H groups in total. The molecule has 114 valence electrons. The molecule has 0 aromatic heterocycles. The molecule has 0 spiro atoms. The minimum atomic E-state index is -0.280. The molecule has 1 rings (SSSR count). The van der Waals surface area contributed by atoms with Crippen molar-refractivity contribution < 1.29 is 9.13 Å². The summed E-state index contributed by atoms with van der Waals surface area (Å²) in [6.45, 7) is 9.91. The van der Waals surface area contributed by atoms with Crippen molar-refractivity contribution in [2.45, 2.75) is 53.0 Å². The summed E-state index contributed by atoms with van der Waals surface area (Å²) in [5.41, 5.74) is 1.16. The molecule has 0 heterocycles. The molecule has 0 saturated heterocycles. The van der Waals surface area contributed by atoms with Crippen LogP contribution in [-0.2, 0) is 6.42 Å². The zero-order valence-electron chi connectivity index (χ0n) is 13.4. The van der Waals surface area contributed by atoms with Crippen LogP contribution in [0.5, 0.6) is 5.75 Å². The number of ether oxygens (including phenoxy) is 1. The van der Waals surface area contributed by atoms with E-state index in [4.69, 9.17) is 4.74 Å². The van der Waals surface area contributed by atoms with Crippen molar-refractivity contribution in [3.05, 3.63) is 29.6 Å². The van der Waals surface area contributed by atoms with Crippen LogP contribution in [0.3, 0.4) is 0 Å². The van der Waals surface area contributed by atoms with Crippen molar-refractivity contribution >= 4 is 0 Å². The lowest BCUT2D eigenvalue weighted by atomic mass is 9.80. The van der Waals surface area contributed by atoms with Gasteiger partial charge in [0, 0.05) is 6.04 Å². The van der Waals surface area contributed by atoms with Crippen LogP contribution < -0.4 is 10.1 Å². The van der Waals surface area contributed by atoms with Gasteiger partial charge in [-0.3, -0.25) is 0 Å². The molecule has 2 nitrogen and oxygen atoms in total. The zero-order chi connectivity index (χ0) is 15.2. The topological polar surface area (TPSA) is 21.3 Å². The minimum Gasteiger partial charge on any atom is -0.494 e. The SMILES string of the molecule is CCCNC(C)CC(C)(C)Cc1ccc(OC)c(F)c1. The van der Waals surface area contributed by atoms with Crippen molar-refractivity contribution in [3.63, 3.8) is 0 Å². The van der Waals surface area contributed by atoms with E-state index in [0.29, 0.717) is 11.8 Å². The van der Waals surface area contributed by atoms with Gasteiger partial charge in [0.25, 0.3) is 0 Å². The molecule has 0 fully saturated rings. The van der Waals surface area contributed by atoms with Gasteiger partial charge in [-0.25, -0.2) is 4.39 Å². The molecule has 0 aliphatic heterocycles. The van der Waals surface area contributed by atoms with Gasteiger partial charge >= 0.3 is 0 Å². The van der Waals surface area contributed by atoms with E-state index in [1.54, 1.807) is 12.1 Å². The quantitative estimate of drug-likeness (QED) is 0.771. The fourth-order valence-electron chi connectivity index (χ4n) is 2.74. The van der Waals surface area contributed by atoms with Crippen LogP contribution in [0.4, 0.5) is 4.39 Å². The third-order valence-corrected chi connectivity index (χ3v) is 3.50. The molecular weight excluding hydrogens is 253 g/mol. The lowest BCUT2D eigenvalue weighted by Gasteiger charge is -2.29. The second kappa shape index (κ2) is 7.63. The molecule has 1 aromatic rings. The van der Waals surface area contributed by atoms with Crippen molar-refractivity contribution in [2.24, 2.45) is 5.41 Å². The first-order chi connectivity index (χ1) is 9.38. The van der Waals surface area contributed by atoms with Gasteiger partial charge in [-0.1, -0.05) is 26.8 Å². The van der Waals surface area contributed by atoms with Crippen molar-refractivity contribution in [1.29, 1.82) is 0 Å². The van der Waals surface area contributed by atoms with E-state index in [1.165, 1.54) is 7.11 Å². The number of halogens is 1. The fourth-order valence-corrected chi connectivity index (χ4v) is 2.74. The smallest absolute Gasteiger partial charge is 0.165 e. The summed E-state index contributed by atoms with van der Waals surface area (Å²) >= 11 is 0. The zero-order valence-corrected chi connectivity index (χ0v) is 13.4. The van der Waals surface area contributed by atoms with Crippen LogP contribution in [0, 0.1) is 11.2 Å². The predicted octanol–water partition coefficient (Wildman–Crippen LogP) is 4.18. The number of nitrogens with one attached hydrogen (secondary N) is 1. The lowest BCUT2D eigenvalue weighted by Crippen LogP contribution is -2.32. The van der Waals surface area contributed by atoms with E-state index >= 15 is 0 Å². The monoisotopic (exact) mass is 281 g/mol. The van der Waals surface area contributed by atoms with Gasteiger partial charge in [0.1, 0.15) is 0 Å². The standard InChI is InChI=1S/C17H28FNO/c1-6-9-19-13(2)11-17(3,4)12-14-7-8-16(20-5)15(18)10-14/h7-8,10,13,19H,6,9,11-12H2,1-5H3. The molecule has 0 saturated carbocycles. The summed E-state index contributed by atoms with van der Waals surface area (Å²) in [6, 6.07) is 5.73. The van der Waals surface area contributed by atoms with E-state index in [-0.39, 0.29) is 11.2 Å². The second-order valence-electron chi connectivity index (χ2n) is 6.37. The molecule has 0 aliphatic carbocycles. The number of benzene rings is 1. The Hall–Kier alpha value is -1.09. The van der Waals surface area contributed by atoms with Crippen molar-refractivity contribution in [1.82, 2.24) is 5.32 Å². The van der Waals surface area contributed by atoms with Crippen LogP contribution in [0.25, 0.3) is 0 Å². The molecule has 20 heavy (non-hydrogen) atoms. The Labute approximate surface area is 122 Å². The highest BCUT2D eigenvalue weighted by Gasteiger charge is 2.22. The number of rotatable bonds is 8. The highest BCUT2D eigenvalue weighted by atomic mass is 19.1. The second-order valence-corrected chi connectivity index (χ2v) is 6.37.